The van der Waals surface area contributed by atoms with Gasteiger partial charge in [-0.15, -0.1) is 0 Å². The first-order chi connectivity index (χ1) is 28.0. The van der Waals surface area contributed by atoms with E-state index in [1.165, 1.54) is 77.1 Å². The Morgan fingerprint density at radius 3 is 1.82 bits per heavy atom. The van der Waals surface area contributed by atoms with Crippen LogP contribution in [0.1, 0.15) is 25.0 Å². The highest BCUT2D eigenvalue weighted by atomic mass is 15.1. The zero-order chi connectivity index (χ0) is 38.1. The fourth-order valence-electron chi connectivity index (χ4n) is 9.36. The second-order valence-corrected chi connectivity index (χ2v) is 15.8. The molecule has 1 aliphatic rings. The summed E-state index contributed by atoms with van der Waals surface area (Å²) in [4.78, 5) is 2.44. The van der Waals surface area contributed by atoms with E-state index in [1.54, 1.807) is 0 Å². The van der Waals surface area contributed by atoms with Crippen molar-refractivity contribution >= 4 is 49.6 Å². The Labute approximate surface area is 333 Å². The SMILES string of the molecule is CC1(C)c2ccccc2-c2ccc(N(c3ccc(-c4ccccc4)cc3)c3ccc4c5c(-c6ccc7ccccc7c6)cccc5n(-c5ccccc5)c4c3)cc21. The highest BCUT2D eigenvalue weighted by Gasteiger charge is 2.35. The molecule has 0 fully saturated rings. The first kappa shape index (κ1) is 33.2. The second-order valence-electron chi connectivity index (χ2n) is 15.8. The smallest absolute Gasteiger partial charge is 0.0562 e. The maximum absolute atomic E-state index is 2.44. The molecule has 270 valence electrons. The number of para-hydroxylation sites is 1. The van der Waals surface area contributed by atoms with Crippen LogP contribution in [0.3, 0.4) is 0 Å². The van der Waals surface area contributed by atoms with Crippen LogP contribution in [0.25, 0.3) is 71.6 Å². The van der Waals surface area contributed by atoms with Gasteiger partial charge in [0.05, 0.1) is 11.0 Å². The van der Waals surface area contributed by atoms with Crippen molar-refractivity contribution in [1.82, 2.24) is 4.57 Å². The van der Waals surface area contributed by atoms with Gasteiger partial charge in [-0.1, -0.05) is 159 Å². The summed E-state index contributed by atoms with van der Waals surface area (Å²) in [5.74, 6) is 0. The molecule has 1 heterocycles. The zero-order valence-corrected chi connectivity index (χ0v) is 32.0. The number of anilines is 3. The fraction of sp³-hybridized carbons (Fsp3) is 0.0545. The van der Waals surface area contributed by atoms with E-state index in [0.29, 0.717) is 0 Å². The molecule has 9 aromatic carbocycles. The van der Waals surface area contributed by atoms with Gasteiger partial charge < -0.3 is 9.47 Å². The van der Waals surface area contributed by atoms with Crippen molar-refractivity contribution in [2.75, 3.05) is 4.90 Å². The summed E-state index contributed by atoms with van der Waals surface area (Å²) in [5.41, 5.74) is 17.0. The Morgan fingerprint density at radius 1 is 0.386 bits per heavy atom. The van der Waals surface area contributed by atoms with Crippen molar-refractivity contribution < 1.29 is 0 Å². The van der Waals surface area contributed by atoms with Crippen LogP contribution < -0.4 is 4.90 Å². The molecule has 1 aliphatic carbocycles. The normalized spacial score (nSPS) is 12.9. The van der Waals surface area contributed by atoms with Crippen LogP contribution in [0, 0.1) is 0 Å². The predicted octanol–water partition coefficient (Wildman–Crippen LogP) is 15.0. The third-order valence-corrected chi connectivity index (χ3v) is 12.2. The van der Waals surface area contributed by atoms with Crippen LogP contribution in [0.4, 0.5) is 17.1 Å². The fourth-order valence-corrected chi connectivity index (χ4v) is 9.36. The number of hydrogen-bond donors (Lipinski definition) is 0. The van der Waals surface area contributed by atoms with Crippen molar-refractivity contribution in [2.24, 2.45) is 0 Å². The van der Waals surface area contributed by atoms with Gasteiger partial charge in [0.15, 0.2) is 0 Å². The van der Waals surface area contributed by atoms with Crippen molar-refractivity contribution in [1.29, 1.82) is 0 Å². The second kappa shape index (κ2) is 13.0. The minimum Gasteiger partial charge on any atom is -0.310 e. The molecule has 11 rings (SSSR count). The van der Waals surface area contributed by atoms with Crippen LogP contribution in [-0.2, 0) is 5.41 Å². The molecular formula is C55H40N2. The lowest BCUT2D eigenvalue weighted by Crippen LogP contribution is -2.16. The van der Waals surface area contributed by atoms with E-state index < -0.39 is 0 Å². The maximum atomic E-state index is 2.44. The van der Waals surface area contributed by atoms with E-state index in [0.717, 1.165) is 22.7 Å². The van der Waals surface area contributed by atoms with Gasteiger partial charge in [-0.3, -0.25) is 0 Å². The Hall–Kier alpha value is -7.16. The van der Waals surface area contributed by atoms with Gasteiger partial charge in [-0.05, 0) is 116 Å². The number of aromatic nitrogens is 1. The quantitative estimate of drug-likeness (QED) is 0.165. The molecule has 0 saturated carbocycles. The number of benzene rings is 9. The van der Waals surface area contributed by atoms with Gasteiger partial charge in [-0.25, -0.2) is 0 Å². The maximum Gasteiger partial charge on any atom is 0.0562 e. The summed E-state index contributed by atoms with van der Waals surface area (Å²) >= 11 is 0. The van der Waals surface area contributed by atoms with Crippen molar-refractivity contribution in [3.63, 3.8) is 0 Å². The molecule has 2 heteroatoms. The molecule has 0 radical (unpaired) electrons. The minimum absolute atomic E-state index is 0.117. The van der Waals surface area contributed by atoms with Gasteiger partial charge >= 0.3 is 0 Å². The van der Waals surface area contributed by atoms with Crippen LogP contribution in [0.2, 0.25) is 0 Å². The Kier molecular flexibility index (Phi) is 7.55. The Balaban J connectivity index is 1.14. The average molecular weight is 729 g/mol. The van der Waals surface area contributed by atoms with Crippen LogP contribution in [-0.4, -0.2) is 4.57 Å². The van der Waals surface area contributed by atoms with Gasteiger partial charge in [0.25, 0.3) is 0 Å². The molecule has 0 spiro atoms. The number of hydrogen-bond acceptors (Lipinski definition) is 1. The van der Waals surface area contributed by atoms with E-state index in [4.69, 9.17) is 0 Å². The lowest BCUT2D eigenvalue weighted by atomic mass is 9.82. The zero-order valence-electron chi connectivity index (χ0n) is 32.0. The third-order valence-electron chi connectivity index (χ3n) is 12.2. The molecule has 57 heavy (non-hydrogen) atoms. The van der Waals surface area contributed by atoms with Gasteiger partial charge in [0, 0.05) is 38.9 Å². The highest BCUT2D eigenvalue weighted by Crippen LogP contribution is 2.51. The topological polar surface area (TPSA) is 8.17 Å². The first-order valence-corrected chi connectivity index (χ1v) is 19.8. The van der Waals surface area contributed by atoms with E-state index in [1.807, 2.05) is 0 Å². The van der Waals surface area contributed by atoms with Gasteiger partial charge in [0.2, 0.25) is 0 Å². The molecule has 0 unspecified atom stereocenters. The monoisotopic (exact) mass is 728 g/mol. The summed E-state index contributed by atoms with van der Waals surface area (Å²) in [5, 5.41) is 4.98. The van der Waals surface area contributed by atoms with E-state index in [-0.39, 0.29) is 5.41 Å². The van der Waals surface area contributed by atoms with Gasteiger partial charge in [0.1, 0.15) is 0 Å². The first-order valence-electron chi connectivity index (χ1n) is 19.8. The predicted molar refractivity (Wildman–Crippen MR) is 241 cm³/mol. The molecule has 0 atom stereocenters. The van der Waals surface area contributed by atoms with Crippen molar-refractivity contribution in [2.45, 2.75) is 19.3 Å². The summed E-state index contributed by atoms with van der Waals surface area (Å²) in [6.07, 6.45) is 0. The standard InChI is InChI=1S/C55H40N2/c1-55(2)50-22-12-11-20-47(50)48-32-30-44(35-51(48)55)56(43-28-26-39(27-29-43)37-14-5-3-6-15-37)45-31-33-49-53(36-45)57(42-18-7-4-8-19-42)52-23-13-21-46(54(49)52)41-25-24-38-16-9-10-17-40(38)34-41/h3-36H,1-2H3. The number of nitrogens with zero attached hydrogens (tertiary/aromatic N) is 2. The summed E-state index contributed by atoms with van der Waals surface area (Å²) in [6, 6.07) is 75.7. The molecule has 0 amide bonds. The lowest BCUT2D eigenvalue weighted by molar-refractivity contribution is 0.660. The molecule has 0 aliphatic heterocycles. The molecule has 0 bridgehead atoms. The molecular weight excluding hydrogens is 689 g/mol. The van der Waals surface area contributed by atoms with E-state index in [9.17, 15) is 0 Å². The molecule has 0 saturated heterocycles. The minimum atomic E-state index is -0.117. The number of fused-ring (bicyclic) bond motifs is 7. The van der Waals surface area contributed by atoms with E-state index in [2.05, 4.69) is 230 Å². The van der Waals surface area contributed by atoms with Gasteiger partial charge in [-0.2, -0.15) is 0 Å². The largest absolute Gasteiger partial charge is 0.310 e. The van der Waals surface area contributed by atoms with Crippen LogP contribution >= 0.6 is 0 Å². The molecule has 2 nitrogen and oxygen atoms in total. The van der Waals surface area contributed by atoms with Crippen molar-refractivity contribution in [3.8, 4) is 39.1 Å². The van der Waals surface area contributed by atoms with Crippen LogP contribution in [0.5, 0.6) is 0 Å². The highest BCUT2D eigenvalue weighted by molar-refractivity contribution is 6.17. The number of rotatable bonds is 6. The van der Waals surface area contributed by atoms with Crippen LogP contribution in [0.15, 0.2) is 206 Å². The Bertz CT molecular complexity index is 3130. The molecule has 10 aromatic rings. The molecule has 0 N–H and O–H groups in total. The summed E-state index contributed by atoms with van der Waals surface area (Å²) < 4.78 is 2.44. The average Bonchev–Trinajstić information content (AvgIpc) is 3.72. The van der Waals surface area contributed by atoms with E-state index >= 15 is 0 Å². The third kappa shape index (κ3) is 5.33. The summed E-state index contributed by atoms with van der Waals surface area (Å²) in [7, 11) is 0. The molecule has 1 aromatic heterocycles. The summed E-state index contributed by atoms with van der Waals surface area (Å²) in [6.45, 7) is 4.72. The lowest BCUT2D eigenvalue weighted by Gasteiger charge is -2.28. The Morgan fingerprint density at radius 2 is 1.00 bits per heavy atom. The van der Waals surface area contributed by atoms with Crippen molar-refractivity contribution in [3.05, 3.63) is 217 Å².